The summed E-state index contributed by atoms with van der Waals surface area (Å²) in [4.78, 5) is 9.39. The Hall–Kier alpha value is -1.92. The van der Waals surface area contributed by atoms with Crippen molar-refractivity contribution in [2.75, 3.05) is 32.7 Å². The van der Waals surface area contributed by atoms with E-state index in [0.717, 1.165) is 44.1 Å². The van der Waals surface area contributed by atoms with Crippen molar-refractivity contribution in [2.45, 2.75) is 6.04 Å². The number of nitrogens with zero attached hydrogens (tertiary/aromatic N) is 4. The van der Waals surface area contributed by atoms with Crippen molar-refractivity contribution >= 4 is 0 Å². The lowest BCUT2D eigenvalue weighted by Crippen LogP contribution is -2.57. The van der Waals surface area contributed by atoms with Crippen molar-refractivity contribution in [3.8, 4) is 17.2 Å². The summed E-state index contributed by atoms with van der Waals surface area (Å²) in [7, 11) is 0. The van der Waals surface area contributed by atoms with Crippen molar-refractivity contribution in [3.63, 3.8) is 0 Å². The number of benzene rings is 1. The fourth-order valence-electron chi connectivity index (χ4n) is 2.95. The highest BCUT2D eigenvalue weighted by atomic mass is 16.5. The summed E-state index contributed by atoms with van der Waals surface area (Å²) >= 11 is 0. The van der Waals surface area contributed by atoms with Crippen LogP contribution in [0.2, 0.25) is 0 Å². The Bertz CT molecular complexity index is 602. The van der Waals surface area contributed by atoms with Gasteiger partial charge in [0.2, 0.25) is 0 Å². The molecule has 6 heteroatoms. The second kappa shape index (κ2) is 4.57. The molecule has 0 amide bonds. The molecule has 3 aliphatic rings. The van der Waals surface area contributed by atoms with Crippen LogP contribution in [0.5, 0.6) is 5.75 Å². The smallest absolute Gasteiger partial charge is 0.257 e. The average molecular weight is 272 g/mol. The van der Waals surface area contributed by atoms with Gasteiger partial charge in [-0.15, -0.1) is 0 Å². The van der Waals surface area contributed by atoms with Crippen LogP contribution in [0.15, 0.2) is 28.8 Å². The van der Waals surface area contributed by atoms with Crippen molar-refractivity contribution in [1.82, 2.24) is 19.9 Å². The number of aromatic hydroxyl groups is 1. The minimum atomic E-state index is 0.233. The van der Waals surface area contributed by atoms with Crippen LogP contribution in [0, 0.1) is 0 Å². The molecule has 5 rings (SSSR count). The molecule has 6 nitrogen and oxygen atoms in total. The molecule has 1 atom stereocenters. The predicted octanol–water partition coefficient (Wildman–Crippen LogP) is 1.11. The summed E-state index contributed by atoms with van der Waals surface area (Å²) in [5, 5.41) is 13.4. The van der Waals surface area contributed by atoms with Gasteiger partial charge >= 0.3 is 0 Å². The predicted molar refractivity (Wildman–Crippen MR) is 72.2 cm³/mol. The second-order valence-electron chi connectivity index (χ2n) is 5.36. The molecule has 0 saturated carbocycles. The molecule has 20 heavy (non-hydrogen) atoms. The molecule has 0 spiro atoms. The third-order valence-corrected chi connectivity index (χ3v) is 4.13. The lowest BCUT2D eigenvalue weighted by molar-refractivity contribution is 0.00781. The van der Waals surface area contributed by atoms with E-state index in [1.165, 1.54) is 0 Å². The zero-order valence-electron chi connectivity index (χ0n) is 11.1. The number of phenolic OH excluding ortho intramolecular Hbond substituents is 1. The Morgan fingerprint density at radius 1 is 1.10 bits per heavy atom. The number of hydrogen-bond acceptors (Lipinski definition) is 6. The quantitative estimate of drug-likeness (QED) is 0.883. The van der Waals surface area contributed by atoms with Gasteiger partial charge in [0.15, 0.2) is 5.82 Å². The summed E-state index contributed by atoms with van der Waals surface area (Å²) in [5.41, 5.74) is 0.831. The van der Waals surface area contributed by atoms with Crippen molar-refractivity contribution < 1.29 is 9.63 Å². The monoisotopic (exact) mass is 272 g/mol. The van der Waals surface area contributed by atoms with Gasteiger partial charge in [0, 0.05) is 38.3 Å². The summed E-state index contributed by atoms with van der Waals surface area (Å²) in [6.07, 6.45) is 0. The summed E-state index contributed by atoms with van der Waals surface area (Å²) in [5.74, 6) is 1.51. The third-order valence-electron chi connectivity index (χ3n) is 4.13. The van der Waals surface area contributed by atoms with E-state index in [9.17, 15) is 5.11 Å². The van der Waals surface area contributed by atoms with E-state index in [-0.39, 0.29) is 11.8 Å². The molecule has 1 N–H and O–H groups in total. The van der Waals surface area contributed by atoms with Gasteiger partial charge in [0.25, 0.3) is 5.89 Å². The van der Waals surface area contributed by atoms with Gasteiger partial charge in [0.1, 0.15) is 5.75 Å². The number of aromatic nitrogens is 2. The highest BCUT2D eigenvalue weighted by Crippen LogP contribution is 2.28. The molecule has 1 aromatic carbocycles. The third kappa shape index (κ3) is 1.97. The van der Waals surface area contributed by atoms with Gasteiger partial charge < -0.3 is 9.63 Å². The Balaban J connectivity index is 1.60. The molecule has 3 saturated heterocycles. The molecule has 2 aromatic rings. The standard InChI is InChI=1S/C14H16N4O2/c19-11-3-1-10(2-4-11)14-15-13(16-20-14)12-9-17-5-7-18(12)8-6-17/h1-4,12,19H,5-9H2. The first-order valence-corrected chi connectivity index (χ1v) is 6.89. The molecule has 2 bridgehead atoms. The van der Waals surface area contributed by atoms with Crippen LogP contribution in [0.4, 0.5) is 0 Å². The fraction of sp³-hybridized carbons (Fsp3) is 0.429. The summed E-state index contributed by atoms with van der Waals surface area (Å²) in [6.45, 7) is 5.41. The molecular formula is C14H16N4O2. The van der Waals surface area contributed by atoms with Crippen LogP contribution < -0.4 is 0 Å². The average Bonchev–Trinajstić information content (AvgIpc) is 2.99. The molecule has 4 heterocycles. The van der Waals surface area contributed by atoms with Crippen molar-refractivity contribution in [3.05, 3.63) is 30.1 Å². The van der Waals surface area contributed by atoms with E-state index in [1.54, 1.807) is 24.3 Å². The molecule has 0 aliphatic carbocycles. The maximum Gasteiger partial charge on any atom is 0.257 e. The van der Waals surface area contributed by atoms with Crippen LogP contribution in [-0.2, 0) is 0 Å². The normalized spacial score (nSPS) is 28.7. The number of phenols is 1. The minimum Gasteiger partial charge on any atom is -0.508 e. The number of piperazine rings is 3. The van der Waals surface area contributed by atoms with E-state index in [4.69, 9.17) is 4.52 Å². The topological polar surface area (TPSA) is 65.6 Å². The van der Waals surface area contributed by atoms with Gasteiger partial charge in [-0.2, -0.15) is 4.98 Å². The molecular weight excluding hydrogens is 256 g/mol. The highest BCUT2D eigenvalue weighted by molar-refractivity contribution is 5.54. The Labute approximate surface area is 116 Å². The SMILES string of the molecule is Oc1ccc(-c2nc(C3CN4CCN3CC4)no2)cc1. The molecule has 3 aliphatic heterocycles. The molecule has 1 aromatic heterocycles. The van der Waals surface area contributed by atoms with Crippen LogP contribution >= 0.6 is 0 Å². The Kier molecular flexibility index (Phi) is 2.71. The molecule has 3 fully saturated rings. The molecule has 1 unspecified atom stereocenters. The van der Waals surface area contributed by atoms with Crippen LogP contribution in [0.25, 0.3) is 11.5 Å². The first-order chi connectivity index (χ1) is 9.79. The zero-order chi connectivity index (χ0) is 13.5. The summed E-state index contributed by atoms with van der Waals surface area (Å²) < 4.78 is 5.36. The second-order valence-corrected chi connectivity index (χ2v) is 5.36. The van der Waals surface area contributed by atoms with E-state index in [2.05, 4.69) is 19.9 Å². The van der Waals surface area contributed by atoms with Gasteiger partial charge in [0.05, 0.1) is 6.04 Å². The first-order valence-electron chi connectivity index (χ1n) is 6.89. The largest absolute Gasteiger partial charge is 0.508 e. The number of rotatable bonds is 2. The number of hydrogen-bond donors (Lipinski definition) is 1. The first kappa shape index (κ1) is 11.9. The van der Waals surface area contributed by atoms with Gasteiger partial charge in [-0.1, -0.05) is 5.16 Å². The molecule has 104 valence electrons. The van der Waals surface area contributed by atoms with E-state index in [1.807, 2.05) is 0 Å². The van der Waals surface area contributed by atoms with E-state index >= 15 is 0 Å². The van der Waals surface area contributed by atoms with E-state index < -0.39 is 0 Å². The lowest BCUT2D eigenvalue weighted by atomic mass is 10.1. The van der Waals surface area contributed by atoms with Crippen molar-refractivity contribution in [2.24, 2.45) is 0 Å². The van der Waals surface area contributed by atoms with Gasteiger partial charge in [-0.05, 0) is 24.3 Å². The minimum absolute atomic E-state index is 0.233. The van der Waals surface area contributed by atoms with E-state index in [0.29, 0.717) is 5.89 Å². The number of fused-ring (bicyclic) bond motifs is 3. The molecule has 0 radical (unpaired) electrons. The lowest BCUT2D eigenvalue weighted by Gasteiger charge is -2.46. The van der Waals surface area contributed by atoms with Crippen LogP contribution in [0.1, 0.15) is 11.9 Å². The maximum absolute atomic E-state index is 9.31. The Morgan fingerprint density at radius 3 is 2.50 bits per heavy atom. The van der Waals surface area contributed by atoms with Crippen LogP contribution in [0.3, 0.4) is 0 Å². The highest BCUT2D eigenvalue weighted by Gasteiger charge is 2.35. The fourth-order valence-corrected chi connectivity index (χ4v) is 2.95. The van der Waals surface area contributed by atoms with Gasteiger partial charge in [-0.3, -0.25) is 9.80 Å². The van der Waals surface area contributed by atoms with Crippen molar-refractivity contribution in [1.29, 1.82) is 0 Å². The van der Waals surface area contributed by atoms with Gasteiger partial charge in [-0.25, -0.2) is 0 Å². The maximum atomic E-state index is 9.31. The Morgan fingerprint density at radius 2 is 1.85 bits per heavy atom. The van der Waals surface area contributed by atoms with Crippen LogP contribution in [-0.4, -0.2) is 57.8 Å². The zero-order valence-corrected chi connectivity index (χ0v) is 11.1. The summed E-state index contributed by atoms with van der Waals surface area (Å²) in [6, 6.07) is 7.05.